The van der Waals surface area contributed by atoms with Gasteiger partial charge in [0.1, 0.15) is 0 Å². The van der Waals surface area contributed by atoms with E-state index in [4.69, 9.17) is 9.47 Å². The first kappa shape index (κ1) is 20.9. The molecule has 0 aromatic carbocycles. The second-order valence-electron chi connectivity index (χ2n) is 7.39. The number of nitriles is 1. The summed E-state index contributed by atoms with van der Waals surface area (Å²) in [5.74, 6) is 0.876. The molecule has 1 heterocycles. The van der Waals surface area contributed by atoms with Crippen molar-refractivity contribution in [2.75, 3.05) is 13.2 Å². The maximum Gasteiger partial charge on any atom is 0.160 e. The molecule has 2 atom stereocenters. The average Bonchev–Trinajstić information content (AvgIpc) is 2.59. The monoisotopic (exact) mass is 333 g/mol. The van der Waals surface area contributed by atoms with E-state index in [-0.39, 0.29) is 11.7 Å². The zero-order valence-corrected chi connectivity index (χ0v) is 15.6. The Bertz CT molecular complexity index is 407. The number of unbranched alkanes of at least 4 members (excludes halogenated alkanes) is 1. The summed E-state index contributed by atoms with van der Waals surface area (Å²) in [5, 5.41) is 9.40. The van der Waals surface area contributed by atoms with Crippen LogP contribution in [-0.4, -0.2) is 19.5 Å². The molecule has 24 heavy (non-hydrogen) atoms. The molecule has 0 amide bonds. The van der Waals surface area contributed by atoms with Crippen LogP contribution in [0.5, 0.6) is 0 Å². The summed E-state index contributed by atoms with van der Waals surface area (Å²) in [6, 6.07) is 2.45. The highest BCUT2D eigenvalue weighted by atomic mass is 16.7. The van der Waals surface area contributed by atoms with Gasteiger partial charge in [-0.05, 0) is 39.0 Å². The van der Waals surface area contributed by atoms with E-state index in [0.29, 0.717) is 11.8 Å². The van der Waals surface area contributed by atoms with Gasteiger partial charge in [0.25, 0.3) is 0 Å². The molecule has 0 aromatic heterocycles. The van der Waals surface area contributed by atoms with E-state index in [2.05, 4.69) is 26.2 Å². The summed E-state index contributed by atoms with van der Waals surface area (Å²) >= 11 is 0. The Morgan fingerprint density at radius 1 is 1.21 bits per heavy atom. The molecule has 1 saturated heterocycles. The first-order chi connectivity index (χ1) is 11.6. The van der Waals surface area contributed by atoms with Crippen LogP contribution in [0.1, 0.15) is 65.2 Å². The fraction of sp³-hybridized carbons (Fsp3) is 0.762. The minimum absolute atomic E-state index is 0.0784. The first-order valence-corrected chi connectivity index (χ1v) is 9.44. The van der Waals surface area contributed by atoms with Crippen LogP contribution in [0.15, 0.2) is 25.3 Å². The van der Waals surface area contributed by atoms with Crippen LogP contribution >= 0.6 is 0 Å². The highest BCUT2D eigenvalue weighted by molar-refractivity contribution is 4.99. The van der Waals surface area contributed by atoms with Crippen molar-refractivity contribution < 1.29 is 9.47 Å². The van der Waals surface area contributed by atoms with Gasteiger partial charge in [0, 0.05) is 11.8 Å². The van der Waals surface area contributed by atoms with Crippen LogP contribution in [0, 0.1) is 28.6 Å². The van der Waals surface area contributed by atoms with Crippen molar-refractivity contribution in [1.29, 1.82) is 5.26 Å². The summed E-state index contributed by atoms with van der Waals surface area (Å²) in [4.78, 5) is 0. The molecule has 0 radical (unpaired) electrons. The van der Waals surface area contributed by atoms with Crippen LogP contribution in [0.25, 0.3) is 0 Å². The van der Waals surface area contributed by atoms with Crippen LogP contribution < -0.4 is 0 Å². The molecule has 1 aliphatic rings. The Labute approximate surface area is 148 Å². The molecule has 2 unspecified atom stereocenters. The van der Waals surface area contributed by atoms with Crippen LogP contribution in [0.2, 0.25) is 0 Å². The standard InChI is InChI=1S/C21H35NO2/c1-5-8-11-19(12-9-14-21(4,17-22)13-7-3)20-23-15-18(10-6-2)16-24-20/h6-7,18-20H,2-3,5,8-16H2,1,4H3. The Hall–Kier alpha value is -1.11. The van der Waals surface area contributed by atoms with Crippen LogP contribution in [-0.2, 0) is 9.47 Å². The smallest absolute Gasteiger partial charge is 0.160 e. The number of ether oxygens (including phenoxy) is 2. The van der Waals surface area contributed by atoms with Gasteiger partial charge in [-0.25, -0.2) is 0 Å². The number of hydrogen-bond acceptors (Lipinski definition) is 3. The lowest BCUT2D eigenvalue weighted by molar-refractivity contribution is -0.226. The van der Waals surface area contributed by atoms with E-state index in [1.54, 1.807) is 0 Å². The van der Waals surface area contributed by atoms with Crippen LogP contribution in [0.3, 0.4) is 0 Å². The second kappa shape index (κ2) is 11.4. The van der Waals surface area contributed by atoms with Crippen molar-refractivity contribution in [2.24, 2.45) is 17.3 Å². The Balaban J connectivity index is 2.49. The fourth-order valence-corrected chi connectivity index (χ4v) is 3.36. The fourth-order valence-electron chi connectivity index (χ4n) is 3.36. The van der Waals surface area contributed by atoms with Crippen molar-refractivity contribution in [3.05, 3.63) is 25.3 Å². The highest BCUT2D eigenvalue weighted by Gasteiger charge is 2.29. The quantitative estimate of drug-likeness (QED) is 0.434. The number of allylic oxidation sites excluding steroid dienone is 2. The molecule has 0 aromatic rings. The SMILES string of the molecule is C=CCC1COC(C(CCCC)CCCC(C)(C#N)CC=C)OC1. The van der Waals surface area contributed by atoms with E-state index in [0.717, 1.165) is 51.7 Å². The average molecular weight is 334 g/mol. The maximum absolute atomic E-state index is 9.40. The minimum Gasteiger partial charge on any atom is -0.352 e. The molecule has 0 spiro atoms. The molecule has 0 aliphatic carbocycles. The largest absolute Gasteiger partial charge is 0.352 e. The summed E-state index contributed by atoms with van der Waals surface area (Å²) in [6.07, 6.45) is 11.9. The van der Waals surface area contributed by atoms with E-state index in [9.17, 15) is 5.26 Å². The molecular formula is C21H35NO2. The Morgan fingerprint density at radius 2 is 1.88 bits per heavy atom. The van der Waals surface area contributed by atoms with Crippen molar-refractivity contribution in [3.8, 4) is 6.07 Å². The predicted octanol–water partition coefficient (Wildman–Crippen LogP) is 5.63. The normalized spacial score (nSPS) is 24.5. The maximum atomic E-state index is 9.40. The Morgan fingerprint density at radius 3 is 2.42 bits per heavy atom. The second-order valence-corrected chi connectivity index (χ2v) is 7.39. The molecule has 1 rings (SSSR count). The zero-order valence-electron chi connectivity index (χ0n) is 15.6. The van der Waals surface area contributed by atoms with Crippen molar-refractivity contribution in [3.63, 3.8) is 0 Å². The van der Waals surface area contributed by atoms with Crippen molar-refractivity contribution in [2.45, 2.75) is 71.5 Å². The van der Waals surface area contributed by atoms with Crippen molar-refractivity contribution >= 4 is 0 Å². The molecule has 1 fully saturated rings. The molecule has 0 saturated carbocycles. The van der Waals surface area contributed by atoms with E-state index in [1.165, 1.54) is 12.8 Å². The lowest BCUT2D eigenvalue weighted by Gasteiger charge is -2.34. The third-order valence-electron chi connectivity index (χ3n) is 4.97. The van der Waals surface area contributed by atoms with Gasteiger partial charge in [-0.3, -0.25) is 0 Å². The minimum atomic E-state index is -0.291. The molecule has 3 heteroatoms. The number of rotatable bonds is 12. The highest BCUT2D eigenvalue weighted by Crippen LogP contribution is 2.32. The zero-order chi connectivity index (χ0) is 17.8. The van der Waals surface area contributed by atoms with Crippen molar-refractivity contribution in [1.82, 2.24) is 0 Å². The lowest BCUT2D eigenvalue weighted by Crippen LogP contribution is -2.37. The third-order valence-corrected chi connectivity index (χ3v) is 4.97. The summed E-state index contributed by atoms with van der Waals surface area (Å²) in [5.41, 5.74) is -0.291. The van der Waals surface area contributed by atoms with Gasteiger partial charge >= 0.3 is 0 Å². The molecular weight excluding hydrogens is 298 g/mol. The van der Waals surface area contributed by atoms with Gasteiger partial charge in [0.05, 0.1) is 24.7 Å². The molecule has 0 bridgehead atoms. The first-order valence-electron chi connectivity index (χ1n) is 9.44. The third kappa shape index (κ3) is 7.20. The molecule has 1 aliphatic heterocycles. The lowest BCUT2D eigenvalue weighted by atomic mass is 9.81. The van der Waals surface area contributed by atoms with E-state index in [1.807, 2.05) is 19.1 Å². The predicted molar refractivity (Wildman–Crippen MR) is 99.4 cm³/mol. The Kier molecular flexibility index (Phi) is 9.98. The van der Waals surface area contributed by atoms with Gasteiger partial charge in [0.2, 0.25) is 0 Å². The molecule has 3 nitrogen and oxygen atoms in total. The summed E-state index contributed by atoms with van der Waals surface area (Å²) < 4.78 is 12.0. The van der Waals surface area contributed by atoms with Crippen LogP contribution in [0.4, 0.5) is 0 Å². The molecule has 136 valence electrons. The van der Waals surface area contributed by atoms with Gasteiger partial charge in [-0.2, -0.15) is 5.26 Å². The molecule has 0 N–H and O–H groups in total. The summed E-state index contributed by atoms with van der Waals surface area (Å²) in [7, 11) is 0. The van der Waals surface area contributed by atoms with Gasteiger partial charge < -0.3 is 9.47 Å². The van der Waals surface area contributed by atoms with E-state index >= 15 is 0 Å². The number of hydrogen-bond donors (Lipinski definition) is 0. The van der Waals surface area contributed by atoms with Gasteiger partial charge in [-0.15, -0.1) is 13.2 Å². The topological polar surface area (TPSA) is 42.2 Å². The van der Waals surface area contributed by atoms with Gasteiger partial charge in [0.15, 0.2) is 6.29 Å². The van der Waals surface area contributed by atoms with E-state index < -0.39 is 0 Å². The van der Waals surface area contributed by atoms with Gasteiger partial charge in [-0.1, -0.05) is 38.3 Å². The summed E-state index contributed by atoms with van der Waals surface area (Å²) in [6.45, 7) is 13.4. The number of nitrogens with zero attached hydrogens (tertiary/aromatic N) is 1.